The normalized spacial score (nSPS) is 15.7. The Balaban J connectivity index is 1.76. The van der Waals surface area contributed by atoms with Gasteiger partial charge in [0.1, 0.15) is 0 Å². The van der Waals surface area contributed by atoms with E-state index in [1.807, 2.05) is 30.3 Å². The zero-order chi connectivity index (χ0) is 15.6. The van der Waals surface area contributed by atoms with Gasteiger partial charge in [-0.15, -0.1) is 0 Å². The number of fused-ring (bicyclic) bond motifs is 1. The summed E-state index contributed by atoms with van der Waals surface area (Å²) >= 11 is 0. The lowest BCUT2D eigenvalue weighted by Crippen LogP contribution is -2.43. The molecular weight excluding hydrogens is 298 g/mol. The molecule has 2 heterocycles. The molecule has 1 aromatic heterocycles. The monoisotopic (exact) mass is 317 g/mol. The van der Waals surface area contributed by atoms with Crippen molar-refractivity contribution in [1.29, 1.82) is 0 Å². The van der Waals surface area contributed by atoms with Gasteiger partial charge in [0, 0.05) is 39.1 Å². The van der Waals surface area contributed by atoms with Gasteiger partial charge in [0.15, 0.2) is 0 Å². The van der Waals surface area contributed by atoms with E-state index >= 15 is 0 Å². The first-order valence-electron chi connectivity index (χ1n) is 7.24. The molecule has 1 aliphatic heterocycles. The lowest BCUT2D eigenvalue weighted by Gasteiger charge is -2.31. The number of rotatable bonds is 4. The SMILES string of the molecule is CN(Cc1ccncc1)S(=O)(=O)N1CCc2ccccc2C1. The molecule has 0 saturated heterocycles. The van der Waals surface area contributed by atoms with Crippen LogP contribution in [0.3, 0.4) is 0 Å². The number of pyridine rings is 1. The van der Waals surface area contributed by atoms with Crippen LogP contribution < -0.4 is 0 Å². The average Bonchev–Trinajstić information content (AvgIpc) is 2.55. The van der Waals surface area contributed by atoms with E-state index in [1.165, 1.54) is 9.87 Å². The summed E-state index contributed by atoms with van der Waals surface area (Å²) in [5.41, 5.74) is 3.26. The van der Waals surface area contributed by atoms with Gasteiger partial charge in [-0.3, -0.25) is 4.98 Å². The molecule has 5 nitrogen and oxygen atoms in total. The smallest absolute Gasteiger partial charge is 0.265 e. The van der Waals surface area contributed by atoms with Gasteiger partial charge in [-0.25, -0.2) is 0 Å². The van der Waals surface area contributed by atoms with Crippen LogP contribution in [0.15, 0.2) is 48.8 Å². The van der Waals surface area contributed by atoms with Crippen LogP contribution in [0, 0.1) is 0 Å². The summed E-state index contributed by atoms with van der Waals surface area (Å²) in [4.78, 5) is 3.95. The topological polar surface area (TPSA) is 53.5 Å². The van der Waals surface area contributed by atoms with Crippen LogP contribution in [0.5, 0.6) is 0 Å². The van der Waals surface area contributed by atoms with Gasteiger partial charge >= 0.3 is 0 Å². The Morgan fingerprint density at radius 3 is 2.55 bits per heavy atom. The third kappa shape index (κ3) is 3.04. The van der Waals surface area contributed by atoms with Crippen LogP contribution in [0.2, 0.25) is 0 Å². The van der Waals surface area contributed by atoms with E-state index in [0.29, 0.717) is 19.6 Å². The fraction of sp³-hybridized carbons (Fsp3) is 0.312. The summed E-state index contributed by atoms with van der Waals surface area (Å²) in [5.74, 6) is 0. The Kier molecular flexibility index (Phi) is 4.24. The van der Waals surface area contributed by atoms with Crippen LogP contribution in [0.25, 0.3) is 0 Å². The van der Waals surface area contributed by atoms with Crippen LogP contribution in [0.4, 0.5) is 0 Å². The number of hydrogen-bond donors (Lipinski definition) is 0. The quantitative estimate of drug-likeness (QED) is 0.864. The van der Waals surface area contributed by atoms with E-state index in [2.05, 4.69) is 11.1 Å². The van der Waals surface area contributed by atoms with Crippen molar-refractivity contribution in [2.75, 3.05) is 13.6 Å². The number of hydrogen-bond acceptors (Lipinski definition) is 3. The Labute approximate surface area is 131 Å². The van der Waals surface area contributed by atoms with Crippen molar-refractivity contribution in [2.45, 2.75) is 19.5 Å². The first-order chi connectivity index (χ1) is 10.6. The first kappa shape index (κ1) is 15.1. The van der Waals surface area contributed by atoms with Crippen molar-refractivity contribution in [3.05, 3.63) is 65.5 Å². The molecule has 22 heavy (non-hydrogen) atoms. The largest absolute Gasteiger partial charge is 0.282 e. The molecule has 1 aromatic carbocycles. The number of benzene rings is 1. The van der Waals surface area contributed by atoms with E-state index in [-0.39, 0.29) is 0 Å². The van der Waals surface area contributed by atoms with E-state index in [0.717, 1.165) is 17.5 Å². The minimum absolute atomic E-state index is 0.350. The van der Waals surface area contributed by atoms with E-state index in [4.69, 9.17) is 0 Å². The molecule has 3 rings (SSSR count). The first-order valence-corrected chi connectivity index (χ1v) is 8.64. The molecule has 2 aromatic rings. The van der Waals surface area contributed by atoms with Crippen molar-refractivity contribution in [3.63, 3.8) is 0 Å². The fourth-order valence-electron chi connectivity index (χ4n) is 2.69. The predicted molar refractivity (Wildman–Crippen MR) is 85.2 cm³/mol. The minimum Gasteiger partial charge on any atom is -0.265 e. The molecule has 6 heteroatoms. The summed E-state index contributed by atoms with van der Waals surface area (Å²) in [6, 6.07) is 11.7. The maximum absolute atomic E-state index is 12.7. The van der Waals surface area contributed by atoms with Gasteiger partial charge < -0.3 is 0 Å². The molecule has 0 fully saturated rings. The molecule has 0 radical (unpaired) electrons. The van der Waals surface area contributed by atoms with E-state index in [9.17, 15) is 8.42 Å². The standard InChI is InChI=1S/C16H19N3O2S/c1-18(12-14-6-9-17-10-7-14)22(20,21)19-11-8-15-4-2-3-5-16(15)13-19/h2-7,9-10H,8,11-13H2,1H3. The molecule has 0 atom stereocenters. The second-order valence-electron chi connectivity index (χ2n) is 5.47. The van der Waals surface area contributed by atoms with Gasteiger partial charge in [-0.05, 0) is 35.2 Å². The Hall–Kier alpha value is -1.76. The summed E-state index contributed by atoms with van der Waals surface area (Å²) in [5, 5.41) is 0. The third-order valence-electron chi connectivity index (χ3n) is 3.97. The van der Waals surface area contributed by atoms with Crippen molar-refractivity contribution in [2.24, 2.45) is 0 Å². The zero-order valence-corrected chi connectivity index (χ0v) is 13.3. The van der Waals surface area contributed by atoms with E-state index in [1.54, 1.807) is 23.7 Å². The molecule has 0 unspecified atom stereocenters. The van der Waals surface area contributed by atoms with Crippen molar-refractivity contribution >= 4 is 10.2 Å². The van der Waals surface area contributed by atoms with Crippen molar-refractivity contribution < 1.29 is 8.42 Å². The van der Waals surface area contributed by atoms with Gasteiger partial charge in [0.05, 0.1) is 0 Å². The van der Waals surface area contributed by atoms with Crippen molar-refractivity contribution in [1.82, 2.24) is 13.6 Å². The zero-order valence-electron chi connectivity index (χ0n) is 12.5. The van der Waals surface area contributed by atoms with Gasteiger partial charge in [-0.2, -0.15) is 17.0 Å². The second kappa shape index (κ2) is 6.16. The van der Waals surface area contributed by atoms with Crippen LogP contribution in [-0.4, -0.2) is 35.6 Å². The molecular formula is C16H19N3O2S. The lowest BCUT2D eigenvalue weighted by molar-refractivity contribution is 0.342. The highest BCUT2D eigenvalue weighted by atomic mass is 32.2. The molecule has 0 amide bonds. The average molecular weight is 317 g/mol. The summed E-state index contributed by atoms with van der Waals surface area (Å²) in [6.07, 6.45) is 4.11. The molecule has 0 aliphatic carbocycles. The third-order valence-corrected chi connectivity index (χ3v) is 5.85. The van der Waals surface area contributed by atoms with Crippen LogP contribution >= 0.6 is 0 Å². The fourth-order valence-corrected chi connectivity index (χ4v) is 4.02. The highest BCUT2D eigenvalue weighted by Crippen LogP contribution is 2.22. The van der Waals surface area contributed by atoms with Crippen LogP contribution in [-0.2, 0) is 29.7 Å². The van der Waals surface area contributed by atoms with Crippen LogP contribution in [0.1, 0.15) is 16.7 Å². The molecule has 116 valence electrons. The van der Waals surface area contributed by atoms with Gasteiger partial charge in [-0.1, -0.05) is 24.3 Å². The number of nitrogens with zero attached hydrogens (tertiary/aromatic N) is 3. The highest BCUT2D eigenvalue weighted by Gasteiger charge is 2.29. The van der Waals surface area contributed by atoms with Gasteiger partial charge in [0.25, 0.3) is 10.2 Å². The molecule has 1 aliphatic rings. The minimum atomic E-state index is -3.46. The lowest BCUT2D eigenvalue weighted by atomic mass is 10.0. The second-order valence-corrected chi connectivity index (χ2v) is 7.51. The molecule has 0 bridgehead atoms. The molecule has 0 saturated carbocycles. The maximum atomic E-state index is 12.7. The summed E-state index contributed by atoms with van der Waals surface area (Å²) in [7, 11) is -1.84. The summed E-state index contributed by atoms with van der Waals surface area (Å²) in [6.45, 7) is 1.32. The molecule has 0 N–H and O–H groups in total. The summed E-state index contributed by atoms with van der Waals surface area (Å²) < 4.78 is 28.4. The Bertz CT molecular complexity index is 747. The Morgan fingerprint density at radius 2 is 1.82 bits per heavy atom. The number of aromatic nitrogens is 1. The highest BCUT2D eigenvalue weighted by molar-refractivity contribution is 7.86. The predicted octanol–water partition coefficient (Wildman–Crippen LogP) is 1.82. The van der Waals surface area contributed by atoms with Gasteiger partial charge in [0.2, 0.25) is 0 Å². The maximum Gasteiger partial charge on any atom is 0.282 e. The van der Waals surface area contributed by atoms with Crippen molar-refractivity contribution in [3.8, 4) is 0 Å². The molecule has 0 spiro atoms. The van der Waals surface area contributed by atoms with E-state index < -0.39 is 10.2 Å². The Morgan fingerprint density at radius 1 is 1.14 bits per heavy atom.